The van der Waals surface area contributed by atoms with Crippen LogP contribution in [-0.2, 0) is 33.7 Å². The smallest absolute Gasteiger partial charge is 0.280 e. The number of nitrogens with zero attached hydrogens (tertiary/aromatic N) is 1. The molecule has 1 aliphatic heterocycles. The first-order valence-electron chi connectivity index (χ1n) is 10.9. The number of benzene rings is 3. The third kappa shape index (κ3) is 5.81. The molecule has 0 bridgehead atoms. The number of hydrogen-bond acceptors (Lipinski definition) is 4. The molecule has 3 atom stereocenters. The maximum absolute atomic E-state index is 6.30. The molecular weight excluding hydrogens is 386 g/mol. The molecule has 0 N–H and O–H groups in total. The fourth-order valence-electron chi connectivity index (χ4n) is 4.15. The Labute approximate surface area is 185 Å². The Morgan fingerprint density at radius 2 is 1.32 bits per heavy atom. The van der Waals surface area contributed by atoms with Gasteiger partial charge in [0.25, 0.3) is 5.97 Å². The lowest BCUT2D eigenvalue weighted by molar-refractivity contribution is -0.315. The Hall–Kier alpha value is -2.50. The zero-order chi connectivity index (χ0) is 21.5. The molecule has 0 aromatic heterocycles. The Morgan fingerprint density at radius 1 is 0.839 bits per heavy atom. The minimum absolute atomic E-state index is 0.0995. The lowest BCUT2D eigenvalue weighted by Gasteiger charge is -2.35. The van der Waals surface area contributed by atoms with Gasteiger partial charge in [0.1, 0.15) is 6.10 Å². The normalized spacial score (nSPS) is 22.0. The van der Waals surface area contributed by atoms with Crippen molar-refractivity contribution in [2.24, 2.45) is 0 Å². The molecule has 4 rings (SSSR count). The van der Waals surface area contributed by atoms with E-state index in [-0.39, 0.29) is 12.1 Å². The summed E-state index contributed by atoms with van der Waals surface area (Å²) in [6.07, 6.45) is 0.770. The molecule has 31 heavy (non-hydrogen) atoms. The van der Waals surface area contributed by atoms with Crippen molar-refractivity contribution in [2.75, 3.05) is 13.7 Å². The first-order chi connectivity index (χ1) is 15.1. The number of ether oxygens (including phenoxy) is 3. The van der Waals surface area contributed by atoms with Gasteiger partial charge in [-0.15, -0.1) is 0 Å². The molecule has 0 spiro atoms. The van der Waals surface area contributed by atoms with E-state index in [1.165, 1.54) is 16.7 Å². The van der Waals surface area contributed by atoms with Crippen LogP contribution in [0.4, 0.5) is 0 Å². The minimum Gasteiger partial charge on any atom is -0.331 e. The summed E-state index contributed by atoms with van der Waals surface area (Å²) in [5.74, 6) is -0.995. The monoisotopic (exact) mass is 417 g/mol. The van der Waals surface area contributed by atoms with Gasteiger partial charge in [0.15, 0.2) is 0 Å². The second kappa shape index (κ2) is 10.2. The zero-order valence-corrected chi connectivity index (χ0v) is 18.3. The van der Waals surface area contributed by atoms with E-state index in [9.17, 15) is 0 Å². The molecule has 1 heterocycles. The van der Waals surface area contributed by atoms with Crippen LogP contribution in [0.5, 0.6) is 0 Å². The van der Waals surface area contributed by atoms with E-state index in [0.29, 0.717) is 6.61 Å². The van der Waals surface area contributed by atoms with Crippen molar-refractivity contribution in [3.63, 3.8) is 0 Å². The summed E-state index contributed by atoms with van der Waals surface area (Å²) in [5, 5.41) is 0. The molecule has 0 saturated carbocycles. The van der Waals surface area contributed by atoms with Crippen LogP contribution in [0.2, 0.25) is 0 Å². The van der Waals surface area contributed by atoms with Gasteiger partial charge in [-0.1, -0.05) is 91.0 Å². The van der Waals surface area contributed by atoms with Gasteiger partial charge in [0, 0.05) is 33.2 Å². The number of hydrogen-bond donors (Lipinski definition) is 0. The Bertz CT molecular complexity index is 877. The van der Waals surface area contributed by atoms with Crippen LogP contribution >= 0.6 is 0 Å². The molecule has 1 saturated heterocycles. The Morgan fingerprint density at radius 3 is 1.77 bits per heavy atom. The van der Waals surface area contributed by atoms with E-state index >= 15 is 0 Å². The number of rotatable bonds is 9. The summed E-state index contributed by atoms with van der Waals surface area (Å²) in [4.78, 5) is 2.51. The van der Waals surface area contributed by atoms with Crippen LogP contribution in [0.3, 0.4) is 0 Å². The molecule has 4 nitrogen and oxygen atoms in total. The molecule has 1 unspecified atom stereocenters. The van der Waals surface area contributed by atoms with E-state index in [1.54, 1.807) is 7.11 Å². The molecule has 0 radical (unpaired) electrons. The third-order valence-corrected chi connectivity index (χ3v) is 5.89. The first-order valence-corrected chi connectivity index (χ1v) is 10.9. The summed E-state index contributed by atoms with van der Waals surface area (Å²) in [6.45, 7) is 4.00. The lowest BCUT2D eigenvalue weighted by atomic mass is 9.98. The largest absolute Gasteiger partial charge is 0.331 e. The van der Waals surface area contributed by atoms with E-state index < -0.39 is 5.97 Å². The van der Waals surface area contributed by atoms with E-state index in [1.807, 2.05) is 6.92 Å². The van der Waals surface area contributed by atoms with Crippen molar-refractivity contribution in [1.82, 2.24) is 4.90 Å². The van der Waals surface area contributed by atoms with Crippen LogP contribution in [0.25, 0.3) is 0 Å². The van der Waals surface area contributed by atoms with Gasteiger partial charge in [-0.3, -0.25) is 4.90 Å². The maximum atomic E-state index is 6.30. The standard InChI is InChI=1S/C27H31NO3/c1-27(29-2)30-21-26(31-27)25(18-22-12-6-3-7-13-22)28(19-23-14-8-4-9-15-23)20-24-16-10-5-11-17-24/h3-17,25-26H,18-21H2,1-2H3/t25-,26-,27?/m0/s1. The van der Waals surface area contributed by atoms with Gasteiger partial charge in [-0.2, -0.15) is 0 Å². The van der Waals surface area contributed by atoms with E-state index in [2.05, 4.69) is 95.9 Å². The zero-order valence-electron chi connectivity index (χ0n) is 18.3. The Kier molecular flexibility index (Phi) is 7.15. The summed E-state index contributed by atoms with van der Waals surface area (Å²) in [5.41, 5.74) is 3.85. The van der Waals surface area contributed by atoms with Crippen molar-refractivity contribution in [3.05, 3.63) is 108 Å². The van der Waals surface area contributed by atoms with Gasteiger partial charge < -0.3 is 14.2 Å². The molecule has 162 valence electrons. The van der Waals surface area contributed by atoms with Gasteiger partial charge >= 0.3 is 0 Å². The highest BCUT2D eigenvalue weighted by Crippen LogP contribution is 2.30. The van der Waals surface area contributed by atoms with Crippen molar-refractivity contribution in [3.8, 4) is 0 Å². The fourth-order valence-corrected chi connectivity index (χ4v) is 4.15. The highest BCUT2D eigenvalue weighted by atomic mass is 16.9. The predicted octanol–water partition coefficient (Wildman–Crippen LogP) is 5.04. The molecule has 0 aliphatic carbocycles. The first kappa shape index (κ1) is 21.7. The average molecular weight is 418 g/mol. The minimum atomic E-state index is -0.995. The van der Waals surface area contributed by atoms with E-state index in [0.717, 1.165) is 19.5 Å². The third-order valence-electron chi connectivity index (χ3n) is 5.89. The predicted molar refractivity (Wildman–Crippen MR) is 122 cm³/mol. The molecule has 1 aliphatic rings. The average Bonchev–Trinajstić information content (AvgIpc) is 3.21. The van der Waals surface area contributed by atoms with Crippen LogP contribution in [0.1, 0.15) is 23.6 Å². The topological polar surface area (TPSA) is 30.9 Å². The molecule has 4 heteroatoms. The van der Waals surface area contributed by atoms with Crippen molar-refractivity contribution >= 4 is 0 Å². The maximum Gasteiger partial charge on any atom is 0.280 e. The molecule has 3 aromatic carbocycles. The van der Waals surface area contributed by atoms with Gasteiger partial charge in [-0.25, -0.2) is 0 Å². The van der Waals surface area contributed by atoms with Crippen LogP contribution < -0.4 is 0 Å². The van der Waals surface area contributed by atoms with Crippen molar-refractivity contribution < 1.29 is 14.2 Å². The molecule has 3 aromatic rings. The Balaban J connectivity index is 1.65. The second-order valence-corrected chi connectivity index (χ2v) is 8.17. The van der Waals surface area contributed by atoms with Crippen LogP contribution in [0, 0.1) is 0 Å². The summed E-state index contributed by atoms with van der Waals surface area (Å²) >= 11 is 0. The summed E-state index contributed by atoms with van der Waals surface area (Å²) in [7, 11) is 1.63. The highest BCUT2D eigenvalue weighted by Gasteiger charge is 2.43. The highest BCUT2D eigenvalue weighted by molar-refractivity contribution is 5.20. The lowest BCUT2D eigenvalue weighted by Crippen LogP contribution is -2.46. The van der Waals surface area contributed by atoms with Crippen LogP contribution in [0.15, 0.2) is 91.0 Å². The van der Waals surface area contributed by atoms with Crippen molar-refractivity contribution in [2.45, 2.75) is 44.6 Å². The molecule has 1 fully saturated rings. The van der Waals surface area contributed by atoms with Gasteiger partial charge in [-0.05, 0) is 23.1 Å². The quantitative estimate of drug-likeness (QED) is 0.488. The number of methoxy groups -OCH3 is 1. The fraction of sp³-hybridized carbons (Fsp3) is 0.333. The van der Waals surface area contributed by atoms with Gasteiger partial charge in [0.2, 0.25) is 0 Å². The van der Waals surface area contributed by atoms with Gasteiger partial charge in [0.05, 0.1) is 6.61 Å². The van der Waals surface area contributed by atoms with Crippen LogP contribution in [-0.4, -0.2) is 36.7 Å². The molecular formula is C27H31NO3. The SMILES string of the molecule is COC1(C)OC[C@@H]([C@H](Cc2ccccc2)N(Cc2ccccc2)Cc2ccccc2)O1. The summed E-state index contributed by atoms with van der Waals surface area (Å²) in [6, 6.07) is 32.0. The van der Waals surface area contributed by atoms with E-state index in [4.69, 9.17) is 14.2 Å². The summed E-state index contributed by atoms with van der Waals surface area (Å²) < 4.78 is 17.7. The van der Waals surface area contributed by atoms with Crippen molar-refractivity contribution in [1.29, 1.82) is 0 Å². The molecule has 0 amide bonds. The second-order valence-electron chi connectivity index (χ2n) is 8.17.